The van der Waals surface area contributed by atoms with Gasteiger partial charge < -0.3 is 14.8 Å². The molecule has 0 radical (unpaired) electrons. The zero-order chi connectivity index (χ0) is 23.8. The van der Waals surface area contributed by atoms with Crippen LogP contribution in [0.25, 0.3) is 0 Å². The van der Waals surface area contributed by atoms with E-state index in [9.17, 15) is 4.39 Å². The summed E-state index contributed by atoms with van der Waals surface area (Å²) >= 11 is 3.63. The normalized spacial score (nSPS) is 14.0. The van der Waals surface area contributed by atoms with E-state index in [4.69, 9.17) is 9.47 Å². The molecule has 4 nitrogen and oxygen atoms in total. The van der Waals surface area contributed by atoms with E-state index in [1.807, 2.05) is 13.0 Å². The first-order valence-electron chi connectivity index (χ1n) is 11.9. The minimum Gasteiger partial charge on any atom is -0.490 e. The number of hydrogen-bond acceptors (Lipinski definition) is 4. The van der Waals surface area contributed by atoms with Crippen LogP contribution < -0.4 is 14.8 Å². The molecule has 0 amide bonds. The van der Waals surface area contributed by atoms with Crippen molar-refractivity contribution in [2.45, 2.75) is 45.5 Å². The van der Waals surface area contributed by atoms with E-state index in [1.54, 1.807) is 18.2 Å². The van der Waals surface area contributed by atoms with E-state index in [0.717, 1.165) is 49.1 Å². The average Bonchev–Trinajstić information content (AvgIpc) is 2.85. The second-order valence-corrected chi connectivity index (χ2v) is 9.49. The van der Waals surface area contributed by atoms with Gasteiger partial charge in [0.1, 0.15) is 12.4 Å². The summed E-state index contributed by atoms with van der Waals surface area (Å²) in [5.74, 6) is 0.998. The highest BCUT2D eigenvalue weighted by Crippen LogP contribution is 2.37. The first kappa shape index (κ1) is 30.4. The predicted octanol–water partition coefficient (Wildman–Crippen LogP) is 7.16. The standard InChI is InChI=1S/C28H32BrFN2O2.2ClH/c1-2-33-27-17-22(16-25(29)28(27)34-20-23-10-6-7-11-26(23)30)18-31-24-12-14-32(15-13-24)19-21-8-4-3-5-9-21;;/h3-11,16-17,24,31H,2,12-15,18-20H2,1H3;2*1H. The number of nitrogens with one attached hydrogen (secondary N) is 1. The lowest BCUT2D eigenvalue weighted by molar-refractivity contribution is 0.190. The third-order valence-electron chi connectivity index (χ3n) is 6.13. The summed E-state index contributed by atoms with van der Waals surface area (Å²) in [6.45, 7) is 6.60. The zero-order valence-corrected chi connectivity index (χ0v) is 23.6. The summed E-state index contributed by atoms with van der Waals surface area (Å²) in [5.41, 5.74) is 3.01. The second kappa shape index (κ2) is 15.4. The average molecular weight is 600 g/mol. The van der Waals surface area contributed by atoms with Gasteiger partial charge >= 0.3 is 0 Å². The molecule has 3 aromatic rings. The molecule has 0 aliphatic carbocycles. The molecule has 1 saturated heterocycles. The number of hydrogen-bond donors (Lipinski definition) is 1. The Hall–Kier alpha value is -1.83. The van der Waals surface area contributed by atoms with Gasteiger partial charge in [0.15, 0.2) is 11.5 Å². The Morgan fingerprint density at radius 2 is 1.64 bits per heavy atom. The van der Waals surface area contributed by atoms with E-state index in [1.165, 1.54) is 11.6 Å². The van der Waals surface area contributed by atoms with Gasteiger partial charge in [-0.15, -0.1) is 24.8 Å². The molecule has 0 bridgehead atoms. The van der Waals surface area contributed by atoms with Crippen molar-refractivity contribution >= 4 is 40.7 Å². The highest BCUT2D eigenvalue weighted by molar-refractivity contribution is 9.10. The molecule has 1 aliphatic heterocycles. The van der Waals surface area contributed by atoms with E-state index in [2.05, 4.69) is 62.5 Å². The predicted molar refractivity (Wildman–Crippen MR) is 152 cm³/mol. The molecule has 0 atom stereocenters. The van der Waals surface area contributed by atoms with Crippen molar-refractivity contribution in [2.24, 2.45) is 0 Å². The van der Waals surface area contributed by atoms with Gasteiger partial charge in [-0.05, 0) is 78.1 Å². The fourth-order valence-electron chi connectivity index (χ4n) is 4.29. The van der Waals surface area contributed by atoms with Gasteiger partial charge in [0, 0.05) is 24.7 Å². The lowest BCUT2D eigenvalue weighted by atomic mass is 10.0. The van der Waals surface area contributed by atoms with Crippen molar-refractivity contribution in [3.8, 4) is 11.5 Å². The van der Waals surface area contributed by atoms with Gasteiger partial charge in [0.2, 0.25) is 0 Å². The van der Waals surface area contributed by atoms with Crippen LogP contribution in [-0.2, 0) is 19.7 Å². The first-order chi connectivity index (χ1) is 16.6. The number of halogens is 4. The molecule has 1 heterocycles. The number of ether oxygens (including phenoxy) is 2. The van der Waals surface area contributed by atoms with Crippen LogP contribution in [0.3, 0.4) is 0 Å². The Kier molecular flexibility index (Phi) is 13.0. The molecule has 1 fully saturated rings. The van der Waals surface area contributed by atoms with Crippen LogP contribution in [-0.4, -0.2) is 30.6 Å². The van der Waals surface area contributed by atoms with Gasteiger partial charge in [0.05, 0.1) is 11.1 Å². The Labute approximate surface area is 234 Å². The molecular weight excluding hydrogens is 566 g/mol. The van der Waals surface area contributed by atoms with Crippen molar-refractivity contribution in [3.05, 3.63) is 93.7 Å². The van der Waals surface area contributed by atoms with Crippen LogP contribution in [0, 0.1) is 5.82 Å². The zero-order valence-electron chi connectivity index (χ0n) is 20.4. The fourth-order valence-corrected chi connectivity index (χ4v) is 4.89. The lowest BCUT2D eigenvalue weighted by Gasteiger charge is -2.32. The Bertz CT molecular complexity index is 1070. The molecule has 0 unspecified atom stereocenters. The third-order valence-corrected chi connectivity index (χ3v) is 6.72. The maximum atomic E-state index is 14.0. The lowest BCUT2D eigenvalue weighted by Crippen LogP contribution is -2.41. The number of benzene rings is 3. The van der Waals surface area contributed by atoms with Crippen LogP contribution in [0.2, 0.25) is 0 Å². The quantitative estimate of drug-likeness (QED) is 0.268. The molecule has 3 aromatic carbocycles. The van der Waals surface area contributed by atoms with Crippen molar-refractivity contribution in [1.29, 1.82) is 0 Å². The minimum atomic E-state index is -0.271. The Morgan fingerprint density at radius 3 is 2.33 bits per heavy atom. The summed E-state index contributed by atoms with van der Waals surface area (Å²) in [4.78, 5) is 2.53. The number of piperidine rings is 1. The summed E-state index contributed by atoms with van der Waals surface area (Å²) in [6.07, 6.45) is 2.27. The smallest absolute Gasteiger partial charge is 0.175 e. The largest absolute Gasteiger partial charge is 0.490 e. The third kappa shape index (κ3) is 8.63. The molecule has 0 aromatic heterocycles. The van der Waals surface area contributed by atoms with Gasteiger partial charge in [-0.25, -0.2) is 4.39 Å². The van der Waals surface area contributed by atoms with Crippen molar-refractivity contribution in [3.63, 3.8) is 0 Å². The fraction of sp³-hybridized carbons (Fsp3) is 0.357. The Morgan fingerprint density at radius 1 is 0.944 bits per heavy atom. The highest BCUT2D eigenvalue weighted by Gasteiger charge is 2.20. The maximum absolute atomic E-state index is 14.0. The molecule has 8 heteroatoms. The van der Waals surface area contributed by atoms with E-state index in [0.29, 0.717) is 29.7 Å². The van der Waals surface area contributed by atoms with Gasteiger partial charge in [-0.3, -0.25) is 4.90 Å². The van der Waals surface area contributed by atoms with Crippen molar-refractivity contribution < 1.29 is 13.9 Å². The van der Waals surface area contributed by atoms with E-state index >= 15 is 0 Å². The summed E-state index contributed by atoms with van der Waals surface area (Å²) in [6, 6.07) is 21.9. The maximum Gasteiger partial charge on any atom is 0.175 e. The highest BCUT2D eigenvalue weighted by atomic mass is 79.9. The van der Waals surface area contributed by atoms with Crippen LogP contribution in [0.1, 0.15) is 36.5 Å². The molecular formula is C28H34BrCl2FN2O2. The molecule has 1 aliphatic rings. The molecule has 0 saturated carbocycles. The van der Waals surface area contributed by atoms with Gasteiger partial charge in [-0.2, -0.15) is 0 Å². The number of nitrogens with zero attached hydrogens (tertiary/aromatic N) is 1. The van der Waals surface area contributed by atoms with Gasteiger partial charge in [-0.1, -0.05) is 48.5 Å². The van der Waals surface area contributed by atoms with E-state index in [-0.39, 0.29) is 37.2 Å². The SMILES string of the molecule is CCOc1cc(CNC2CCN(Cc3ccccc3)CC2)cc(Br)c1OCc1ccccc1F.Cl.Cl. The van der Waals surface area contributed by atoms with Crippen LogP contribution in [0.15, 0.2) is 71.2 Å². The first-order valence-corrected chi connectivity index (χ1v) is 12.7. The van der Waals surface area contributed by atoms with Crippen molar-refractivity contribution in [2.75, 3.05) is 19.7 Å². The summed E-state index contributed by atoms with van der Waals surface area (Å²) < 4.78 is 26.6. The molecule has 36 heavy (non-hydrogen) atoms. The molecule has 0 spiro atoms. The number of likely N-dealkylation sites (tertiary alicyclic amines) is 1. The molecule has 1 N–H and O–H groups in total. The topological polar surface area (TPSA) is 33.7 Å². The summed E-state index contributed by atoms with van der Waals surface area (Å²) in [5, 5.41) is 3.71. The monoisotopic (exact) mass is 598 g/mol. The van der Waals surface area contributed by atoms with Crippen LogP contribution >= 0.6 is 40.7 Å². The second-order valence-electron chi connectivity index (χ2n) is 8.63. The summed E-state index contributed by atoms with van der Waals surface area (Å²) in [7, 11) is 0. The number of rotatable bonds is 10. The van der Waals surface area contributed by atoms with Crippen LogP contribution in [0.5, 0.6) is 11.5 Å². The van der Waals surface area contributed by atoms with Gasteiger partial charge in [0.25, 0.3) is 0 Å². The Balaban J connectivity index is 0.00000228. The minimum absolute atomic E-state index is 0. The van der Waals surface area contributed by atoms with Crippen LogP contribution in [0.4, 0.5) is 4.39 Å². The van der Waals surface area contributed by atoms with E-state index < -0.39 is 0 Å². The molecule has 4 rings (SSSR count). The van der Waals surface area contributed by atoms with Crippen molar-refractivity contribution in [1.82, 2.24) is 10.2 Å². The molecule has 196 valence electrons.